The maximum absolute atomic E-state index is 12.5. The Labute approximate surface area is 322 Å². The molecule has 0 radical (unpaired) electrons. The van der Waals surface area contributed by atoms with Gasteiger partial charge in [-0.25, -0.2) is 4.57 Å². The third kappa shape index (κ3) is 38.7. The number of carbonyl (C=O) groups is 2. The molecular formula is C43H72NO8P. The van der Waals surface area contributed by atoms with Gasteiger partial charge in [0, 0.05) is 19.4 Å². The third-order valence-corrected chi connectivity index (χ3v) is 8.78. The molecule has 3 N–H and O–H groups in total. The summed E-state index contributed by atoms with van der Waals surface area (Å²) in [4.78, 5) is 34.7. The van der Waals surface area contributed by atoms with E-state index in [1.54, 1.807) is 0 Å². The van der Waals surface area contributed by atoms with E-state index in [1.165, 1.54) is 51.4 Å². The number of hydrogen-bond donors (Lipinski definition) is 2. The highest BCUT2D eigenvalue weighted by Gasteiger charge is 2.25. The molecule has 0 amide bonds. The van der Waals surface area contributed by atoms with Crippen LogP contribution in [0.4, 0.5) is 0 Å². The average Bonchev–Trinajstić information content (AvgIpc) is 3.14. The molecule has 10 heteroatoms. The number of allylic oxidation sites excluding steroid dienone is 14. The number of esters is 2. The molecule has 2 unspecified atom stereocenters. The van der Waals surface area contributed by atoms with Crippen LogP contribution in [0.2, 0.25) is 0 Å². The first-order valence-corrected chi connectivity index (χ1v) is 21.6. The van der Waals surface area contributed by atoms with Crippen molar-refractivity contribution in [2.75, 3.05) is 26.4 Å². The lowest BCUT2D eigenvalue weighted by molar-refractivity contribution is -0.161. The van der Waals surface area contributed by atoms with E-state index in [0.717, 1.165) is 51.4 Å². The highest BCUT2D eigenvalue weighted by Crippen LogP contribution is 2.43. The van der Waals surface area contributed by atoms with Crippen LogP contribution in [0.25, 0.3) is 0 Å². The fourth-order valence-corrected chi connectivity index (χ4v) is 5.62. The quantitative estimate of drug-likeness (QED) is 0.0277. The molecule has 53 heavy (non-hydrogen) atoms. The lowest BCUT2D eigenvalue weighted by Gasteiger charge is -2.19. The smallest absolute Gasteiger partial charge is 0.462 e. The van der Waals surface area contributed by atoms with Crippen molar-refractivity contribution in [1.82, 2.24) is 0 Å². The van der Waals surface area contributed by atoms with Crippen LogP contribution >= 0.6 is 7.82 Å². The number of rotatable bonds is 36. The van der Waals surface area contributed by atoms with Crippen molar-refractivity contribution in [3.05, 3.63) is 85.1 Å². The minimum absolute atomic E-state index is 0.0339. The fraction of sp³-hybridized carbons (Fsp3) is 0.628. The Morgan fingerprint density at radius 1 is 0.585 bits per heavy atom. The predicted molar refractivity (Wildman–Crippen MR) is 219 cm³/mol. The Balaban J connectivity index is 4.39. The molecule has 0 aliphatic carbocycles. The molecule has 9 nitrogen and oxygen atoms in total. The van der Waals surface area contributed by atoms with E-state index >= 15 is 0 Å². The molecule has 0 fully saturated rings. The summed E-state index contributed by atoms with van der Waals surface area (Å²) in [6, 6.07) is 0. The summed E-state index contributed by atoms with van der Waals surface area (Å²) in [5, 5.41) is 0. The first-order valence-electron chi connectivity index (χ1n) is 20.1. The predicted octanol–water partition coefficient (Wildman–Crippen LogP) is 11.3. The van der Waals surface area contributed by atoms with Gasteiger partial charge in [0.25, 0.3) is 0 Å². The Hall–Kier alpha value is -2.81. The lowest BCUT2D eigenvalue weighted by atomic mass is 10.1. The fourth-order valence-electron chi connectivity index (χ4n) is 4.85. The van der Waals surface area contributed by atoms with Crippen molar-refractivity contribution in [3.8, 4) is 0 Å². The lowest BCUT2D eigenvalue weighted by Crippen LogP contribution is -2.29. The number of unbranched alkanes of at least 4 members (excludes halogenated alkanes) is 9. The molecule has 0 bridgehead atoms. The van der Waals surface area contributed by atoms with Crippen LogP contribution in [0.3, 0.4) is 0 Å². The van der Waals surface area contributed by atoms with Gasteiger partial charge >= 0.3 is 19.8 Å². The van der Waals surface area contributed by atoms with E-state index in [-0.39, 0.29) is 32.6 Å². The number of hydrogen-bond acceptors (Lipinski definition) is 8. The molecule has 0 saturated heterocycles. The van der Waals surface area contributed by atoms with E-state index in [4.69, 9.17) is 24.3 Å². The minimum Gasteiger partial charge on any atom is -0.462 e. The molecule has 0 saturated carbocycles. The van der Waals surface area contributed by atoms with E-state index < -0.39 is 32.5 Å². The number of phosphoric ester groups is 1. The summed E-state index contributed by atoms with van der Waals surface area (Å²) in [5.41, 5.74) is 5.33. The van der Waals surface area contributed by atoms with Crippen LogP contribution in [0.1, 0.15) is 142 Å². The van der Waals surface area contributed by atoms with E-state index in [9.17, 15) is 19.0 Å². The Kier molecular flexibility index (Phi) is 36.8. The summed E-state index contributed by atoms with van der Waals surface area (Å²) in [7, 11) is -4.40. The molecule has 0 aromatic heterocycles. The highest BCUT2D eigenvalue weighted by atomic mass is 31.2. The molecule has 0 aromatic carbocycles. The van der Waals surface area contributed by atoms with Crippen LogP contribution < -0.4 is 5.73 Å². The van der Waals surface area contributed by atoms with Gasteiger partial charge < -0.3 is 20.1 Å². The van der Waals surface area contributed by atoms with Gasteiger partial charge in [-0.3, -0.25) is 18.6 Å². The van der Waals surface area contributed by atoms with Crippen molar-refractivity contribution < 1.29 is 37.6 Å². The second-order valence-electron chi connectivity index (χ2n) is 12.8. The highest BCUT2D eigenvalue weighted by molar-refractivity contribution is 7.47. The van der Waals surface area contributed by atoms with Crippen molar-refractivity contribution in [3.63, 3.8) is 0 Å². The Morgan fingerprint density at radius 3 is 1.57 bits per heavy atom. The summed E-state index contributed by atoms with van der Waals surface area (Å²) < 4.78 is 32.5. The van der Waals surface area contributed by atoms with E-state index in [2.05, 4.69) is 80.7 Å². The molecule has 0 aliphatic heterocycles. The second-order valence-corrected chi connectivity index (χ2v) is 14.2. The summed E-state index contributed by atoms with van der Waals surface area (Å²) >= 11 is 0. The maximum Gasteiger partial charge on any atom is 0.472 e. The number of carbonyl (C=O) groups excluding carboxylic acids is 2. The summed E-state index contributed by atoms with van der Waals surface area (Å²) in [6.07, 6.45) is 47.9. The van der Waals surface area contributed by atoms with Crippen LogP contribution in [-0.2, 0) is 32.7 Å². The molecule has 0 aromatic rings. The first kappa shape index (κ1) is 50.2. The summed E-state index contributed by atoms with van der Waals surface area (Å²) in [5.74, 6) is -0.993. The zero-order chi connectivity index (χ0) is 38.9. The van der Waals surface area contributed by atoms with Gasteiger partial charge in [0.2, 0.25) is 0 Å². The Morgan fingerprint density at radius 2 is 1.04 bits per heavy atom. The van der Waals surface area contributed by atoms with Crippen molar-refractivity contribution in [2.24, 2.45) is 5.73 Å². The van der Waals surface area contributed by atoms with Crippen LogP contribution in [0.15, 0.2) is 85.1 Å². The van der Waals surface area contributed by atoms with Gasteiger partial charge in [0.1, 0.15) is 6.61 Å². The molecule has 2 atom stereocenters. The minimum atomic E-state index is -4.40. The largest absolute Gasteiger partial charge is 0.472 e. The van der Waals surface area contributed by atoms with Crippen LogP contribution in [0, 0.1) is 0 Å². The standard InChI is InChI=1S/C43H72NO8P/c1-3-5-7-9-11-13-15-17-18-19-20-21-22-24-26-28-30-32-34-36-43(46)52-41(40-51-53(47,48)50-38-37-44)39-49-42(45)35-33-31-29-27-25-23-16-14-12-10-8-6-4-2/h5,7,11,13,17-18,20-21,24,26,29-32,41H,3-4,6,8-10,12,14-16,19,22-23,25,27-28,33-40,44H2,1-2H3,(H,47,48)/b7-5-,13-11-,18-17-,21-20-,26-24-,31-29-,32-30-. The number of phosphoric acid groups is 1. The van der Waals surface area contributed by atoms with Gasteiger partial charge in [-0.1, -0.05) is 150 Å². The Bertz CT molecular complexity index is 1140. The van der Waals surface area contributed by atoms with Gasteiger partial charge in [0.05, 0.1) is 13.2 Å². The average molecular weight is 762 g/mol. The number of nitrogens with two attached hydrogens (primary N) is 1. The second kappa shape index (κ2) is 38.9. The summed E-state index contributed by atoms with van der Waals surface area (Å²) in [6.45, 7) is 3.45. The van der Waals surface area contributed by atoms with E-state index in [1.807, 2.05) is 18.2 Å². The van der Waals surface area contributed by atoms with Gasteiger partial charge in [-0.2, -0.15) is 0 Å². The molecular weight excluding hydrogens is 689 g/mol. The van der Waals surface area contributed by atoms with Gasteiger partial charge in [-0.15, -0.1) is 0 Å². The normalized spacial score (nSPS) is 14.3. The zero-order valence-corrected chi connectivity index (χ0v) is 33.9. The maximum atomic E-state index is 12.5. The van der Waals surface area contributed by atoms with Crippen molar-refractivity contribution in [1.29, 1.82) is 0 Å². The topological polar surface area (TPSA) is 134 Å². The van der Waals surface area contributed by atoms with Gasteiger partial charge in [-0.05, 0) is 64.2 Å². The number of ether oxygens (including phenoxy) is 2. The van der Waals surface area contributed by atoms with Crippen molar-refractivity contribution >= 4 is 19.8 Å². The molecule has 0 heterocycles. The van der Waals surface area contributed by atoms with Crippen LogP contribution in [0.5, 0.6) is 0 Å². The van der Waals surface area contributed by atoms with E-state index in [0.29, 0.717) is 12.8 Å². The van der Waals surface area contributed by atoms with Crippen molar-refractivity contribution in [2.45, 2.75) is 148 Å². The first-order chi connectivity index (χ1) is 25.8. The molecule has 0 aliphatic rings. The molecule has 0 rings (SSSR count). The molecule has 302 valence electrons. The monoisotopic (exact) mass is 761 g/mol. The van der Waals surface area contributed by atoms with Gasteiger partial charge in [0.15, 0.2) is 6.10 Å². The zero-order valence-electron chi connectivity index (χ0n) is 33.0. The SMILES string of the molecule is CC/C=C\C/C=C\C/C=C\C/C=C\C/C=C\C/C=C\CCC(=O)OC(COC(=O)CC/C=C\CCCCCCCCCCC)COP(=O)(O)OCCN. The third-order valence-electron chi connectivity index (χ3n) is 7.79. The van der Waals surface area contributed by atoms with Crippen LogP contribution in [-0.4, -0.2) is 49.3 Å². The molecule has 0 spiro atoms.